The molecule has 104 valence electrons. The summed E-state index contributed by atoms with van der Waals surface area (Å²) >= 11 is 0. The molecule has 0 fully saturated rings. The summed E-state index contributed by atoms with van der Waals surface area (Å²) in [5, 5.41) is 27.0. The molecular formula is C12H12N4O4. The van der Waals surface area contributed by atoms with E-state index in [4.69, 9.17) is 5.11 Å². The van der Waals surface area contributed by atoms with E-state index in [0.717, 1.165) is 0 Å². The minimum absolute atomic E-state index is 0.0679. The van der Waals surface area contributed by atoms with Gasteiger partial charge in [0.25, 0.3) is 5.69 Å². The average molecular weight is 276 g/mol. The summed E-state index contributed by atoms with van der Waals surface area (Å²) < 4.78 is 1.48. The van der Waals surface area contributed by atoms with Gasteiger partial charge in [-0.1, -0.05) is 23.4 Å². The highest BCUT2D eigenvalue weighted by molar-refractivity contribution is 5.69. The number of para-hydroxylation sites is 1. The Labute approximate surface area is 113 Å². The molecule has 1 heterocycles. The van der Waals surface area contributed by atoms with E-state index in [1.54, 1.807) is 18.2 Å². The molecule has 0 amide bonds. The van der Waals surface area contributed by atoms with Crippen molar-refractivity contribution in [2.45, 2.75) is 19.4 Å². The number of benzene rings is 1. The fourth-order valence-corrected chi connectivity index (χ4v) is 1.82. The van der Waals surface area contributed by atoms with Crippen LogP contribution in [0.5, 0.6) is 0 Å². The molecular weight excluding hydrogens is 264 g/mol. The van der Waals surface area contributed by atoms with Crippen molar-refractivity contribution in [3.63, 3.8) is 0 Å². The maximum absolute atomic E-state index is 10.9. The number of rotatable bonds is 6. The van der Waals surface area contributed by atoms with Crippen molar-refractivity contribution in [1.82, 2.24) is 15.0 Å². The lowest BCUT2D eigenvalue weighted by molar-refractivity contribution is -0.385. The zero-order valence-corrected chi connectivity index (χ0v) is 10.5. The van der Waals surface area contributed by atoms with Crippen LogP contribution >= 0.6 is 0 Å². The highest BCUT2D eigenvalue weighted by Gasteiger charge is 2.12. The van der Waals surface area contributed by atoms with Crippen molar-refractivity contribution >= 4 is 11.7 Å². The Morgan fingerprint density at radius 2 is 2.15 bits per heavy atom. The van der Waals surface area contributed by atoms with Gasteiger partial charge in [0, 0.05) is 24.4 Å². The van der Waals surface area contributed by atoms with E-state index >= 15 is 0 Å². The first-order valence-electron chi connectivity index (χ1n) is 5.89. The average Bonchev–Trinajstić information content (AvgIpc) is 2.83. The molecule has 20 heavy (non-hydrogen) atoms. The number of carboxylic acids is 1. The van der Waals surface area contributed by atoms with E-state index in [-0.39, 0.29) is 12.1 Å². The molecule has 2 aromatic rings. The highest BCUT2D eigenvalue weighted by Crippen LogP contribution is 2.18. The molecule has 0 aliphatic carbocycles. The predicted molar refractivity (Wildman–Crippen MR) is 68.2 cm³/mol. The Bertz CT molecular complexity index is 638. The van der Waals surface area contributed by atoms with Crippen LogP contribution in [0.25, 0.3) is 0 Å². The molecule has 1 N–H and O–H groups in total. The fraction of sp³-hybridized carbons (Fsp3) is 0.250. The maximum Gasteiger partial charge on any atom is 0.309 e. The lowest BCUT2D eigenvalue weighted by Crippen LogP contribution is -2.04. The predicted octanol–water partition coefficient (Wildman–Crippen LogP) is 1.06. The lowest BCUT2D eigenvalue weighted by atomic mass is 10.1. The lowest BCUT2D eigenvalue weighted by Gasteiger charge is -2.02. The summed E-state index contributed by atoms with van der Waals surface area (Å²) in [6.07, 6.45) is 1.77. The van der Waals surface area contributed by atoms with Crippen molar-refractivity contribution < 1.29 is 14.8 Å². The van der Waals surface area contributed by atoms with Crippen LogP contribution in [0.1, 0.15) is 11.3 Å². The Kier molecular flexibility index (Phi) is 4.04. The Balaban J connectivity index is 2.04. The van der Waals surface area contributed by atoms with Crippen molar-refractivity contribution in [3.05, 3.63) is 51.8 Å². The van der Waals surface area contributed by atoms with Gasteiger partial charge in [-0.2, -0.15) is 0 Å². The zero-order valence-electron chi connectivity index (χ0n) is 10.5. The number of hydrogen-bond donors (Lipinski definition) is 1. The molecule has 0 aliphatic heterocycles. The second kappa shape index (κ2) is 5.91. The molecule has 0 saturated carbocycles. The molecule has 0 spiro atoms. The van der Waals surface area contributed by atoms with Crippen LogP contribution in [0.15, 0.2) is 30.5 Å². The van der Waals surface area contributed by atoms with Crippen LogP contribution in [0, 0.1) is 10.1 Å². The van der Waals surface area contributed by atoms with Gasteiger partial charge in [-0.05, 0) is 6.42 Å². The Morgan fingerprint density at radius 3 is 2.85 bits per heavy atom. The summed E-state index contributed by atoms with van der Waals surface area (Å²) in [4.78, 5) is 21.0. The molecule has 2 rings (SSSR count). The van der Waals surface area contributed by atoms with Crippen LogP contribution in [0.4, 0.5) is 5.69 Å². The molecule has 0 atom stereocenters. The van der Waals surface area contributed by atoms with Crippen LogP contribution in [-0.2, 0) is 24.2 Å². The number of carboxylic acid groups (broad SMARTS) is 1. The topological polar surface area (TPSA) is 111 Å². The van der Waals surface area contributed by atoms with Crippen LogP contribution in [0.3, 0.4) is 0 Å². The first kappa shape index (κ1) is 13.7. The third-order valence-electron chi connectivity index (χ3n) is 2.72. The van der Waals surface area contributed by atoms with Crippen LogP contribution in [-0.4, -0.2) is 31.0 Å². The summed E-state index contributed by atoms with van der Waals surface area (Å²) in [5.41, 5.74) is 1.03. The first-order valence-corrected chi connectivity index (χ1v) is 5.89. The molecule has 1 aromatic carbocycles. The minimum Gasteiger partial charge on any atom is -0.481 e. The van der Waals surface area contributed by atoms with Gasteiger partial charge in [0.15, 0.2) is 0 Å². The highest BCUT2D eigenvalue weighted by atomic mass is 16.6. The molecule has 0 aliphatic rings. The second-order valence-electron chi connectivity index (χ2n) is 4.18. The minimum atomic E-state index is -0.976. The monoisotopic (exact) mass is 276 g/mol. The van der Waals surface area contributed by atoms with Gasteiger partial charge in [0.1, 0.15) is 0 Å². The SMILES string of the molecule is O=C(O)Cc1cn(CCc2ccccc2[N+](=O)[O-])nn1. The van der Waals surface area contributed by atoms with Crippen molar-refractivity contribution in [2.24, 2.45) is 0 Å². The van der Waals surface area contributed by atoms with Crippen molar-refractivity contribution in [3.8, 4) is 0 Å². The number of nitrogens with zero attached hydrogens (tertiary/aromatic N) is 4. The van der Waals surface area contributed by atoms with Gasteiger partial charge in [0.05, 0.1) is 17.0 Å². The zero-order chi connectivity index (χ0) is 14.5. The molecule has 8 nitrogen and oxygen atoms in total. The van der Waals surface area contributed by atoms with Gasteiger partial charge in [-0.15, -0.1) is 5.10 Å². The number of aromatic nitrogens is 3. The summed E-state index contributed by atoms with van der Waals surface area (Å²) in [7, 11) is 0. The number of carbonyl (C=O) groups is 1. The Morgan fingerprint density at radius 1 is 1.40 bits per heavy atom. The van der Waals surface area contributed by atoms with Gasteiger partial charge in [-0.3, -0.25) is 19.6 Å². The number of nitro benzene ring substituents is 1. The summed E-state index contributed by atoms with van der Waals surface area (Å²) in [5.74, 6) is -0.976. The van der Waals surface area contributed by atoms with E-state index in [0.29, 0.717) is 24.2 Å². The summed E-state index contributed by atoms with van der Waals surface area (Å²) in [6, 6.07) is 6.49. The Hall–Kier alpha value is -2.77. The molecule has 1 aromatic heterocycles. The number of hydrogen-bond acceptors (Lipinski definition) is 5. The molecule has 0 radical (unpaired) electrons. The van der Waals surface area contributed by atoms with E-state index in [1.165, 1.54) is 16.9 Å². The van der Waals surface area contributed by atoms with E-state index < -0.39 is 10.9 Å². The number of nitro groups is 1. The van der Waals surface area contributed by atoms with E-state index in [2.05, 4.69) is 10.3 Å². The van der Waals surface area contributed by atoms with Crippen molar-refractivity contribution in [2.75, 3.05) is 0 Å². The van der Waals surface area contributed by atoms with Crippen LogP contribution < -0.4 is 0 Å². The van der Waals surface area contributed by atoms with E-state index in [1.807, 2.05) is 0 Å². The summed E-state index contributed by atoms with van der Waals surface area (Å²) in [6.45, 7) is 0.400. The molecule has 0 unspecified atom stereocenters. The smallest absolute Gasteiger partial charge is 0.309 e. The third kappa shape index (κ3) is 3.37. The molecule has 8 heteroatoms. The number of aryl methyl sites for hydroxylation is 2. The van der Waals surface area contributed by atoms with E-state index in [9.17, 15) is 14.9 Å². The first-order chi connectivity index (χ1) is 9.56. The van der Waals surface area contributed by atoms with Gasteiger partial charge in [0.2, 0.25) is 0 Å². The third-order valence-corrected chi connectivity index (χ3v) is 2.72. The maximum atomic E-state index is 10.9. The fourth-order valence-electron chi connectivity index (χ4n) is 1.82. The molecule has 0 saturated heterocycles. The largest absolute Gasteiger partial charge is 0.481 e. The normalized spacial score (nSPS) is 10.4. The van der Waals surface area contributed by atoms with Crippen molar-refractivity contribution in [1.29, 1.82) is 0 Å². The van der Waals surface area contributed by atoms with Gasteiger partial charge in [-0.25, -0.2) is 0 Å². The van der Waals surface area contributed by atoms with Gasteiger partial charge >= 0.3 is 5.97 Å². The molecule has 0 bridgehead atoms. The van der Waals surface area contributed by atoms with Crippen LogP contribution in [0.2, 0.25) is 0 Å². The quantitative estimate of drug-likeness (QED) is 0.623. The van der Waals surface area contributed by atoms with Gasteiger partial charge < -0.3 is 5.11 Å². The second-order valence-corrected chi connectivity index (χ2v) is 4.18. The standard InChI is InChI=1S/C12H12N4O4/c17-12(18)7-10-8-15(14-13-10)6-5-9-3-1-2-4-11(9)16(19)20/h1-4,8H,5-7H2,(H,17,18). The number of aliphatic carboxylic acids is 1.